The van der Waals surface area contributed by atoms with Gasteiger partial charge in [-0.3, -0.25) is 4.79 Å². The van der Waals surface area contributed by atoms with Gasteiger partial charge in [0.25, 0.3) is 5.91 Å². The highest BCUT2D eigenvalue weighted by Gasteiger charge is 2.17. The van der Waals surface area contributed by atoms with Gasteiger partial charge in [0.05, 0.1) is 13.7 Å². The molecule has 7 heteroatoms. The van der Waals surface area contributed by atoms with Crippen LogP contribution in [0.25, 0.3) is 0 Å². The summed E-state index contributed by atoms with van der Waals surface area (Å²) >= 11 is 0. The zero-order valence-corrected chi connectivity index (χ0v) is 15.6. The van der Waals surface area contributed by atoms with Crippen LogP contribution in [0.3, 0.4) is 0 Å². The molecule has 0 spiro atoms. The minimum absolute atomic E-state index is 0.0298. The lowest BCUT2D eigenvalue weighted by atomic mass is 10.2. The highest BCUT2D eigenvalue weighted by atomic mass is 16.5. The monoisotopic (exact) mass is 373 g/mol. The minimum Gasteiger partial charge on any atom is -0.507 e. The summed E-state index contributed by atoms with van der Waals surface area (Å²) < 4.78 is 15.3. The first-order valence-electron chi connectivity index (χ1n) is 8.44. The Morgan fingerprint density at radius 3 is 2.33 bits per heavy atom. The summed E-state index contributed by atoms with van der Waals surface area (Å²) in [5, 5.41) is 9.84. The van der Waals surface area contributed by atoms with E-state index in [2.05, 4.69) is 0 Å². The zero-order chi connectivity index (χ0) is 19.8. The third-order valence-electron chi connectivity index (χ3n) is 3.83. The van der Waals surface area contributed by atoms with E-state index in [9.17, 15) is 14.7 Å². The van der Waals surface area contributed by atoms with Crippen molar-refractivity contribution in [3.63, 3.8) is 0 Å². The Kier molecular flexibility index (Phi) is 7.05. The second kappa shape index (κ2) is 9.47. The Hall–Kier alpha value is -3.22. The van der Waals surface area contributed by atoms with Crippen molar-refractivity contribution in [2.75, 3.05) is 27.4 Å². The molecular formula is C20H23NO6. The number of nitrogens with zero attached hydrogens (tertiary/aromatic N) is 1. The smallest absolute Gasteiger partial charge is 0.342 e. The van der Waals surface area contributed by atoms with Crippen molar-refractivity contribution in [1.29, 1.82) is 0 Å². The highest BCUT2D eigenvalue weighted by Crippen LogP contribution is 2.24. The third-order valence-corrected chi connectivity index (χ3v) is 3.83. The molecule has 0 atom stereocenters. The Morgan fingerprint density at radius 2 is 1.74 bits per heavy atom. The topological polar surface area (TPSA) is 85.3 Å². The Bertz CT molecular complexity index is 788. The molecular weight excluding hydrogens is 350 g/mol. The van der Waals surface area contributed by atoms with Crippen molar-refractivity contribution >= 4 is 11.9 Å². The fraction of sp³-hybridized carbons (Fsp3) is 0.300. The fourth-order valence-corrected chi connectivity index (χ4v) is 2.35. The van der Waals surface area contributed by atoms with Crippen molar-refractivity contribution in [1.82, 2.24) is 4.90 Å². The number of hydrogen-bond donors (Lipinski definition) is 1. The number of amides is 1. The zero-order valence-electron chi connectivity index (χ0n) is 15.6. The third kappa shape index (κ3) is 5.64. The van der Waals surface area contributed by atoms with E-state index in [0.29, 0.717) is 18.9 Å². The predicted octanol–water partition coefficient (Wildman–Crippen LogP) is 2.61. The molecule has 7 nitrogen and oxygen atoms in total. The van der Waals surface area contributed by atoms with Crippen molar-refractivity contribution in [3.8, 4) is 17.2 Å². The average Bonchev–Trinajstić information content (AvgIpc) is 2.67. The summed E-state index contributed by atoms with van der Waals surface area (Å²) in [5.41, 5.74) is 0.895. The van der Waals surface area contributed by atoms with Gasteiger partial charge in [-0.1, -0.05) is 12.1 Å². The van der Waals surface area contributed by atoms with E-state index in [1.165, 1.54) is 30.2 Å². The van der Waals surface area contributed by atoms with Crippen LogP contribution in [0, 0.1) is 0 Å². The van der Waals surface area contributed by atoms with Gasteiger partial charge in [-0.2, -0.15) is 0 Å². The second-order valence-electron chi connectivity index (χ2n) is 5.79. The molecule has 0 radical (unpaired) electrons. The first-order chi connectivity index (χ1) is 12.9. The fourth-order valence-electron chi connectivity index (χ4n) is 2.35. The van der Waals surface area contributed by atoms with Gasteiger partial charge < -0.3 is 24.2 Å². The van der Waals surface area contributed by atoms with E-state index in [0.717, 1.165) is 11.3 Å². The molecule has 0 unspecified atom stereocenters. The standard InChI is InChI=1S/C20H23NO6/c1-4-26-15-7-5-14(6-8-15)12-21(2)19(23)13-27-20(24)17-10-9-16(25-3)11-18(17)22/h5-11,22H,4,12-13H2,1-3H3. The Balaban J connectivity index is 1.87. The largest absolute Gasteiger partial charge is 0.507 e. The van der Waals surface area contributed by atoms with Gasteiger partial charge >= 0.3 is 5.97 Å². The molecule has 1 amide bonds. The van der Waals surface area contributed by atoms with Gasteiger partial charge in [0.15, 0.2) is 6.61 Å². The quantitative estimate of drug-likeness (QED) is 0.716. The summed E-state index contributed by atoms with van der Waals surface area (Å²) in [6.07, 6.45) is 0. The van der Waals surface area contributed by atoms with Crippen molar-refractivity contribution in [2.45, 2.75) is 13.5 Å². The molecule has 144 valence electrons. The number of benzene rings is 2. The van der Waals surface area contributed by atoms with Crippen molar-refractivity contribution in [2.24, 2.45) is 0 Å². The number of rotatable bonds is 8. The average molecular weight is 373 g/mol. The first-order valence-corrected chi connectivity index (χ1v) is 8.44. The maximum absolute atomic E-state index is 12.2. The minimum atomic E-state index is -0.780. The molecule has 0 aliphatic carbocycles. The maximum Gasteiger partial charge on any atom is 0.342 e. The van der Waals surface area contributed by atoms with E-state index in [4.69, 9.17) is 14.2 Å². The van der Waals surface area contributed by atoms with Crippen LogP contribution in [0.15, 0.2) is 42.5 Å². The van der Waals surface area contributed by atoms with Crippen LogP contribution >= 0.6 is 0 Å². The molecule has 0 heterocycles. The van der Waals surface area contributed by atoms with Gasteiger partial charge in [0, 0.05) is 19.7 Å². The molecule has 0 saturated carbocycles. The van der Waals surface area contributed by atoms with Crippen LogP contribution in [0.2, 0.25) is 0 Å². The Labute approximate surface area is 158 Å². The van der Waals surface area contributed by atoms with Crippen LogP contribution < -0.4 is 9.47 Å². The summed E-state index contributed by atoms with van der Waals surface area (Å²) in [4.78, 5) is 25.7. The van der Waals surface area contributed by atoms with Crippen LogP contribution in [-0.4, -0.2) is 49.3 Å². The van der Waals surface area contributed by atoms with Gasteiger partial charge in [-0.15, -0.1) is 0 Å². The number of phenolic OH excluding ortho intramolecular Hbond substituents is 1. The molecule has 2 aromatic rings. The number of carbonyl (C=O) groups is 2. The number of likely N-dealkylation sites (N-methyl/N-ethyl adjacent to an activating group) is 1. The van der Waals surface area contributed by atoms with E-state index in [1.807, 2.05) is 31.2 Å². The summed E-state index contributed by atoms with van der Waals surface area (Å²) in [5.74, 6) is -0.226. The molecule has 1 N–H and O–H groups in total. The van der Waals surface area contributed by atoms with Crippen LogP contribution in [-0.2, 0) is 16.1 Å². The maximum atomic E-state index is 12.2. The van der Waals surface area contributed by atoms with Crippen molar-refractivity contribution in [3.05, 3.63) is 53.6 Å². The van der Waals surface area contributed by atoms with Crippen LogP contribution in [0.4, 0.5) is 0 Å². The number of phenols is 1. The molecule has 2 rings (SSSR count). The van der Waals surface area contributed by atoms with Crippen LogP contribution in [0.1, 0.15) is 22.8 Å². The summed E-state index contributed by atoms with van der Waals surface area (Å²) in [6.45, 7) is 2.45. The number of ether oxygens (including phenoxy) is 3. The van der Waals surface area contributed by atoms with Gasteiger partial charge in [-0.25, -0.2) is 4.79 Å². The molecule has 0 aromatic heterocycles. The van der Waals surface area contributed by atoms with E-state index >= 15 is 0 Å². The van der Waals surface area contributed by atoms with Gasteiger partial charge in [0.2, 0.25) is 0 Å². The molecule has 2 aromatic carbocycles. The molecule has 0 aliphatic rings. The Morgan fingerprint density at radius 1 is 1.07 bits per heavy atom. The molecule has 0 aliphatic heterocycles. The van der Waals surface area contributed by atoms with E-state index < -0.39 is 12.6 Å². The van der Waals surface area contributed by atoms with Gasteiger partial charge in [0.1, 0.15) is 22.8 Å². The highest BCUT2D eigenvalue weighted by molar-refractivity contribution is 5.94. The number of aromatic hydroxyl groups is 1. The number of esters is 1. The van der Waals surface area contributed by atoms with Crippen molar-refractivity contribution < 1.29 is 28.9 Å². The lowest BCUT2D eigenvalue weighted by Gasteiger charge is -2.17. The first kappa shape index (κ1) is 20.1. The number of hydrogen-bond acceptors (Lipinski definition) is 6. The molecule has 0 bridgehead atoms. The number of carbonyl (C=O) groups excluding carboxylic acids is 2. The van der Waals surface area contributed by atoms with Crippen LogP contribution in [0.5, 0.6) is 17.2 Å². The summed E-state index contributed by atoms with van der Waals surface area (Å²) in [7, 11) is 3.07. The lowest BCUT2D eigenvalue weighted by molar-refractivity contribution is -0.133. The van der Waals surface area contributed by atoms with Gasteiger partial charge in [-0.05, 0) is 36.8 Å². The lowest BCUT2D eigenvalue weighted by Crippen LogP contribution is -2.30. The second-order valence-corrected chi connectivity index (χ2v) is 5.79. The molecule has 0 fully saturated rings. The van der Waals surface area contributed by atoms with E-state index in [-0.39, 0.29) is 17.2 Å². The SMILES string of the molecule is CCOc1ccc(CN(C)C(=O)COC(=O)c2ccc(OC)cc2O)cc1. The summed E-state index contributed by atoms with van der Waals surface area (Å²) in [6, 6.07) is 11.6. The molecule has 0 saturated heterocycles. The molecule has 27 heavy (non-hydrogen) atoms. The number of methoxy groups -OCH3 is 1. The predicted molar refractivity (Wildman–Crippen MR) is 99.0 cm³/mol. The normalized spacial score (nSPS) is 10.2. The van der Waals surface area contributed by atoms with E-state index in [1.54, 1.807) is 7.05 Å².